The van der Waals surface area contributed by atoms with Crippen molar-refractivity contribution >= 4 is 57.5 Å². The minimum Gasteiger partial charge on any atom is -0.266 e. The quantitative estimate of drug-likeness (QED) is 0.601. The van der Waals surface area contributed by atoms with E-state index in [1.807, 2.05) is 0 Å². The summed E-state index contributed by atoms with van der Waals surface area (Å²) in [5.74, 6) is -1.00. The van der Waals surface area contributed by atoms with E-state index in [9.17, 15) is 22.8 Å². The molecule has 1 fully saturated rings. The van der Waals surface area contributed by atoms with Crippen LogP contribution in [0, 0.1) is 0 Å². The third-order valence-corrected chi connectivity index (χ3v) is 5.46. The van der Waals surface area contributed by atoms with Gasteiger partial charge in [0, 0.05) is 0 Å². The number of hydrazine groups is 1. The number of alkyl halides is 3. The van der Waals surface area contributed by atoms with Gasteiger partial charge in [0.15, 0.2) is 4.32 Å². The molecule has 1 aromatic carbocycles. The first-order chi connectivity index (χ1) is 12.3. The third kappa shape index (κ3) is 3.97. The number of benzene rings is 1. The normalized spacial score (nSPS) is 16.4. The van der Waals surface area contributed by atoms with Gasteiger partial charge in [-0.15, -0.1) is 11.3 Å². The van der Waals surface area contributed by atoms with Crippen LogP contribution in [0.25, 0.3) is 6.08 Å². The predicted molar refractivity (Wildman–Crippen MR) is 98.2 cm³/mol. The first-order valence-corrected chi connectivity index (χ1v) is 9.16. The Hall–Kier alpha value is -2.17. The lowest BCUT2D eigenvalue weighted by atomic mass is 10.1. The van der Waals surface area contributed by atoms with E-state index in [-0.39, 0.29) is 9.23 Å². The number of thioether (sulfide) groups is 1. The molecule has 1 aliphatic rings. The van der Waals surface area contributed by atoms with E-state index >= 15 is 0 Å². The summed E-state index contributed by atoms with van der Waals surface area (Å²) in [5, 5.41) is 2.68. The maximum absolute atomic E-state index is 12.6. The van der Waals surface area contributed by atoms with E-state index in [4.69, 9.17) is 12.2 Å². The van der Waals surface area contributed by atoms with Crippen LogP contribution in [0.4, 0.5) is 13.2 Å². The molecular formula is C16H9F3N2O2S3. The smallest absolute Gasteiger partial charge is 0.266 e. The highest BCUT2D eigenvalue weighted by molar-refractivity contribution is 8.26. The lowest BCUT2D eigenvalue weighted by Gasteiger charge is -2.14. The lowest BCUT2D eigenvalue weighted by molar-refractivity contribution is -0.137. The number of thiocarbonyl (C=S) groups is 1. The number of thiophene rings is 1. The summed E-state index contributed by atoms with van der Waals surface area (Å²) < 4.78 is 37.9. The van der Waals surface area contributed by atoms with Gasteiger partial charge in [0.2, 0.25) is 0 Å². The van der Waals surface area contributed by atoms with Gasteiger partial charge in [-0.05, 0) is 47.4 Å². The van der Waals surface area contributed by atoms with Crippen LogP contribution >= 0.6 is 35.3 Å². The van der Waals surface area contributed by atoms with E-state index < -0.39 is 23.6 Å². The van der Waals surface area contributed by atoms with Crippen LogP contribution in [0.1, 0.15) is 20.8 Å². The second-order valence-corrected chi connectivity index (χ2v) is 7.68. The zero-order chi connectivity index (χ0) is 18.9. The summed E-state index contributed by atoms with van der Waals surface area (Å²) in [4.78, 5) is 25.1. The highest BCUT2D eigenvalue weighted by atomic mass is 32.2. The number of nitrogens with zero attached hydrogens (tertiary/aromatic N) is 1. The summed E-state index contributed by atoms with van der Waals surface area (Å²) >= 11 is 7.27. The molecule has 0 aliphatic carbocycles. The topological polar surface area (TPSA) is 49.4 Å². The summed E-state index contributed by atoms with van der Waals surface area (Å²) in [5.41, 5.74) is 2.08. The van der Waals surface area contributed by atoms with Crippen molar-refractivity contribution in [1.82, 2.24) is 10.4 Å². The molecule has 0 unspecified atom stereocenters. The molecule has 3 rings (SSSR count). The van der Waals surface area contributed by atoms with Crippen molar-refractivity contribution in [2.24, 2.45) is 0 Å². The Bertz CT molecular complexity index is 890. The Kier molecular flexibility index (Phi) is 5.17. The molecule has 2 amide bonds. The fraction of sp³-hybridized carbons (Fsp3) is 0.0625. The average molecular weight is 414 g/mol. The Morgan fingerprint density at radius 3 is 2.46 bits per heavy atom. The van der Waals surface area contributed by atoms with Crippen LogP contribution in [0.5, 0.6) is 0 Å². The Morgan fingerprint density at radius 2 is 1.88 bits per heavy atom. The standard InChI is InChI=1S/C16H9F3N2O2S3/c17-16(18,19)10-5-3-9(4-6-10)8-12-14(23)21(15(24)26-12)20-13(22)11-2-1-7-25-11/h1-8H,(H,20,22)/b12-8-. The number of hydrogen-bond acceptors (Lipinski definition) is 5. The van der Waals surface area contributed by atoms with Gasteiger partial charge in [0.05, 0.1) is 15.3 Å². The number of halogens is 3. The fourth-order valence-electron chi connectivity index (χ4n) is 2.05. The van der Waals surface area contributed by atoms with Crippen LogP contribution < -0.4 is 5.43 Å². The van der Waals surface area contributed by atoms with Gasteiger partial charge in [-0.1, -0.05) is 30.0 Å². The summed E-state index contributed by atoms with van der Waals surface area (Å²) in [6.45, 7) is 0. The van der Waals surface area contributed by atoms with E-state index in [1.165, 1.54) is 29.5 Å². The van der Waals surface area contributed by atoms with Crippen molar-refractivity contribution in [1.29, 1.82) is 0 Å². The second kappa shape index (κ2) is 7.22. The molecule has 1 aliphatic heterocycles. The summed E-state index contributed by atoms with van der Waals surface area (Å²) in [6, 6.07) is 7.71. The molecule has 26 heavy (non-hydrogen) atoms. The molecule has 2 aromatic rings. The zero-order valence-electron chi connectivity index (χ0n) is 12.7. The van der Waals surface area contributed by atoms with Crippen LogP contribution in [0.2, 0.25) is 0 Å². The van der Waals surface area contributed by atoms with Crippen molar-refractivity contribution in [2.45, 2.75) is 6.18 Å². The number of carbonyl (C=O) groups excluding carboxylic acids is 2. The Labute approximate surface area is 159 Å². The van der Waals surface area contributed by atoms with Crippen molar-refractivity contribution in [3.05, 3.63) is 62.7 Å². The van der Waals surface area contributed by atoms with Crippen molar-refractivity contribution in [2.75, 3.05) is 0 Å². The molecule has 2 heterocycles. The molecule has 0 bridgehead atoms. The molecular weight excluding hydrogens is 405 g/mol. The SMILES string of the molecule is O=C(NN1C(=O)/C(=C/c2ccc(C(F)(F)F)cc2)SC1=S)c1cccs1. The zero-order valence-corrected chi connectivity index (χ0v) is 15.2. The van der Waals surface area contributed by atoms with Gasteiger partial charge >= 0.3 is 6.18 Å². The predicted octanol–water partition coefficient (Wildman–Crippen LogP) is 4.31. The second-order valence-electron chi connectivity index (χ2n) is 5.06. The van der Waals surface area contributed by atoms with Gasteiger partial charge < -0.3 is 0 Å². The minimum absolute atomic E-state index is 0.137. The minimum atomic E-state index is -4.42. The van der Waals surface area contributed by atoms with Gasteiger partial charge in [-0.3, -0.25) is 15.0 Å². The molecule has 4 nitrogen and oxygen atoms in total. The van der Waals surface area contributed by atoms with E-state index in [2.05, 4.69) is 5.43 Å². The number of rotatable bonds is 3. The van der Waals surface area contributed by atoms with Crippen molar-refractivity contribution in [3.63, 3.8) is 0 Å². The number of amides is 2. The molecule has 1 N–H and O–H groups in total. The molecule has 0 saturated carbocycles. The van der Waals surface area contributed by atoms with Crippen LogP contribution in [-0.2, 0) is 11.0 Å². The maximum atomic E-state index is 12.6. The van der Waals surface area contributed by atoms with Gasteiger partial charge in [0.25, 0.3) is 11.8 Å². The maximum Gasteiger partial charge on any atom is 0.416 e. The molecule has 0 radical (unpaired) electrons. The molecule has 1 saturated heterocycles. The highest BCUT2D eigenvalue weighted by Gasteiger charge is 2.34. The van der Waals surface area contributed by atoms with Gasteiger partial charge in [0.1, 0.15) is 0 Å². The molecule has 0 atom stereocenters. The monoisotopic (exact) mass is 414 g/mol. The average Bonchev–Trinajstić information content (AvgIpc) is 3.19. The summed E-state index contributed by atoms with van der Waals surface area (Å²) in [7, 11) is 0. The molecule has 10 heteroatoms. The van der Waals surface area contributed by atoms with Crippen LogP contribution in [0.3, 0.4) is 0 Å². The van der Waals surface area contributed by atoms with E-state index in [0.29, 0.717) is 10.4 Å². The first-order valence-electron chi connectivity index (χ1n) is 7.05. The number of carbonyl (C=O) groups is 2. The van der Waals surface area contributed by atoms with E-state index in [0.717, 1.165) is 28.9 Å². The third-order valence-electron chi connectivity index (χ3n) is 3.29. The molecule has 1 aromatic heterocycles. The number of hydrogen-bond donors (Lipinski definition) is 1. The highest BCUT2D eigenvalue weighted by Crippen LogP contribution is 2.33. The first kappa shape index (κ1) is 18.6. The molecule has 134 valence electrons. The fourth-order valence-corrected chi connectivity index (χ4v) is 3.84. The molecule has 0 spiro atoms. The van der Waals surface area contributed by atoms with Crippen LogP contribution in [0.15, 0.2) is 46.7 Å². The number of nitrogens with one attached hydrogen (secondary N) is 1. The largest absolute Gasteiger partial charge is 0.416 e. The van der Waals surface area contributed by atoms with Gasteiger partial charge in [-0.25, -0.2) is 0 Å². The van der Waals surface area contributed by atoms with Crippen molar-refractivity contribution in [3.8, 4) is 0 Å². The summed E-state index contributed by atoms with van der Waals surface area (Å²) in [6.07, 6.45) is -3.00. The lowest BCUT2D eigenvalue weighted by Crippen LogP contribution is -2.44. The Balaban J connectivity index is 1.76. The van der Waals surface area contributed by atoms with E-state index in [1.54, 1.807) is 17.5 Å². The van der Waals surface area contributed by atoms with Crippen molar-refractivity contribution < 1.29 is 22.8 Å². The Morgan fingerprint density at radius 1 is 1.19 bits per heavy atom. The van der Waals surface area contributed by atoms with Gasteiger partial charge in [-0.2, -0.15) is 18.2 Å². The van der Waals surface area contributed by atoms with Crippen LogP contribution in [-0.4, -0.2) is 21.1 Å².